The van der Waals surface area contributed by atoms with Crippen LogP contribution in [0.3, 0.4) is 0 Å². The predicted octanol–water partition coefficient (Wildman–Crippen LogP) is 5.58. The third kappa shape index (κ3) is 3.04. The van der Waals surface area contributed by atoms with Crippen molar-refractivity contribution >= 4 is 39.1 Å². The molecule has 2 aromatic rings. The number of rotatable bonds is 3. The van der Waals surface area contributed by atoms with E-state index in [0.717, 1.165) is 10.0 Å². The third-order valence-corrected chi connectivity index (χ3v) is 4.18. The summed E-state index contributed by atoms with van der Waals surface area (Å²) in [7, 11) is 1.58. The Hall–Kier alpha value is -0.770. The van der Waals surface area contributed by atoms with Crippen molar-refractivity contribution in [1.82, 2.24) is 0 Å². The maximum absolute atomic E-state index is 14.0. The van der Waals surface area contributed by atoms with E-state index in [0.29, 0.717) is 11.3 Å². The summed E-state index contributed by atoms with van der Waals surface area (Å²) in [5.41, 5.74) is 1.10. The molecular weight excluding hydrogens is 354 g/mol. The maximum Gasteiger partial charge on any atom is 0.146 e. The van der Waals surface area contributed by atoms with Gasteiger partial charge in [0.15, 0.2) is 0 Å². The van der Waals surface area contributed by atoms with Crippen LogP contribution < -0.4 is 4.74 Å². The summed E-state index contributed by atoms with van der Waals surface area (Å²) in [6.07, 6.45) is 0. The second kappa shape index (κ2) is 6.12. The Morgan fingerprint density at radius 1 is 1.21 bits per heavy atom. The molecule has 19 heavy (non-hydrogen) atoms. The highest BCUT2D eigenvalue weighted by atomic mass is 79.9. The van der Waals surface area contributed by atoms with Crippen LogP contribution in [0.2, 0.25) is 5.02 Å². The number of methoxy groups -OCH3 is 1. The Bertz CT molecular complexity index is 604. The van der Waals surface area contributed by atoms with Crippen LogP contribution in [0.5, 0.6) is 5.75 Å². The molecule has 100 valence electrons. The maximum atomic E-state index is 14.0. The van der Waals surface area contributed by atoms with E-state index >= 15 is 0 Å². The molecular formula is C14H10BrCl2FO. The van der Waals surface area contributed by atoms with Gasteiger partial charge < -0.3 is 4.74 Å². The molecule has 0 saturated carbocycles. The van der Waals surface area contributed by atoms with Crippen LogP contribution in [0, 0.1) is 5.82 Å². The summed E-state index contributed by atoms with van der Waals surface area (Å²) in [5.74, 6) is 0.206. The van der Waals surface area contributed by atoms with Crippen molar-refractivity contribution in [3.8, 4) is 5.75 Å². The standard InChI is InChI=1S/C14H10BrCl2FO/c1-19-8-5-6-9(11(15)7-8)13(17)10-3-2-4-12(16)14(10)18/h2-7,13H,1H3. The monoisotopic (exact) mass is 362 g/mol. The summed E-state index contributed by atoms with van der Waals surface area (Å²) in [6, 6.07) is 10.1. The van der Waals surface area contributed by atoms with Crippen molar-refractivity contribution in [3.05, 3.63) is 62.8 Å². The van der Waals surface area contributed by atoms with Crippen LogP contribution in [0.15, 0.2) is 40.9 Å². The first-order valence-corrected chi connectivity index (χ1v) is 7.06. The van der Waals surface area contributed by atoms with Gasteiger partial charge in [0, 0.05) is 10.0 Å². The van der Waals surface area contributed by atoms with Gasteiger partial charge in [0.2, 0.25) is 0 Å². The quantitative estimate of drug-likeness (QED) is 0.647. The van der Waals surface area contributed by atoms with Gasteiger partial charge in [0.25, 0.3) is 0 Å². The molecule has 1 unspecified atom stereocenters. The van der Waals surface area contributed by atoms with Crippen LogP contribution in [-0.4, -0.2) is 7.11 Å². The second-order valence-electron chi connectivity index (χ2n) is 3.89. The zero-order valence-corrected chi connectivity index (χ0v) is 13.1. The summed E-state index contributed by atoms with van der Waals surface area (Å²) < 4.78 is 19.8. The fourth-order valence-electron chi connectivity index (χ4n) is 1.72. The fourth-order valence-corrected chi connectivity index (χ4v) is 2.98. The zero-order valence-electron chi connectivity index (χ0n) is 9.96. The molecule has 1 atom stereocenters. The molecule has 0 saturated heterocycles. The molecule has 0 fully saturated rings. The van der Waals surface area contributed by atoms with Gasteiger partial charge >= 0.3 is 0 Å². The first-order chi connectivity index (χ1) is 9.04. The SMILES string of the molecule is COc1ccc(C(Cl)c2cccc(Cl)c2F)c(Br)c1. The molecule has 0 radical (unpaired) electrons. The minimum atomic E-state index is -0.626. The Balaban J connectivity index is 2.44. The van der Waals surface area contributed by atoms with Gasteiger partial charge in [-0.15, -0.1) is 11.6 Å². The molecule has 0 spiro atoms. The molecule has 2 rings (SSSR count). The Morgan fingerprint density at radius 3 is 2.58 bits per heavy atom. The molecule has 0 amide bonds. The van der Waals surface area contributed by atoms with Gasteiger partial charge in [-0.05, 0) is 23.8 Å². The molecule has 5 heteroatoms. The van der Waals surface area contributed by atoms with Crippen molar-refractivity contribution in [2.75, 3.05) is 7.11 Å². The van der Waals surface area contributed by atoms with Crippen molar-refractivity contribution in [2.45, 2.75) is 5.38 Å². The Kier molecular flexibility index (Phi) is 4.71. The molecule has 0 heterocycles. The summed E-state index contributed by atoms with van der Waals surface area (Å²) in [6.45, 7) is 0. The van der Waals surface area contributed by atoms with E-state index in [1.54, 1.807) is 37.4 Å². The number of halogens is 4. The fraction of sp³-hybridized carbons (Fsp3) is 0.143. The number of benzene rings is 2. The lowest BCUT2D eigenvalue weighted by Crippen LogP contribution is -1.99. The molecule has 0 aliphatic rings. The zero-order chi connectivity index (χ0) is 14.0. The molecule has 0 bridgehead atoms. The minimum absolute atomic E-state index is 0.0628. The molecule has 2 aromatic carbocycles. The van der Waals surface area contributed by atoms with Crippen LogP contribution in [0.4, 0.5) is 4.39 Å². The average molecular weight is 364 g/mol. The Labute approximate surface area is 129 Å². The van der Waals surface area contributed by atoms with Gasteiger partial charge in [-0.1, -0.05) is 45.7 Å². The average Bonchev–Trinajstić information content (AvgIpc) is 2.41. The molecule has 1 nitrogen and oxygen atoms in total. The molecule has 0 aliphatic heterocycles. The lowest BCUT2D eigenvalue weighted by molar-refractivity contribution is 0.414. The highest BCUT2D eigenvalue weighted by molar-refractivity contribution is 9.10. The van der Waals surface area contributed by atoms with Crippen LogP contribution in [0.25, 0.3) is 0 Å². The van der Waals surface area contributed by atoms with Crippen LogP contribution in [-0.2, 0) is 0 Å². The number of ether oxygens (including phenoxy) is 1. The van der Waals surface area contributed by atoms with E-state index in [1.807, 2.05) is 0 Å². The van der Waals surface area contributed by atoms with E-state index in [1.165, 1.54) is 6.07 Å². The number of alkyl halides is 1. The van der Waals surface area contributed by atoms with Crippen LogP contribution >= 0.6 is 39.1 Å². The van der Waals surface area contributed by atoms with Crippen LogP contribution in [0.1, 0.15) is 16.5 Å². The van der Waals surface area contributed by atoms with Gasteiger partial charge in [0.1, 0.15) is 11.6 Å². The summed E-state index contributed by atoms with van der Waals surface area (Å²) in [4.78, 5) is 0. The second-order valence-corrected chi connectivity index (χ2v) is 5.59. The van der Waals surface area contributed by atoms with Crippen molar-refractivity contribution in [3.63, 3.8) is 0 Å². The van der Waals surface area contributed by atoms with Crippen molar-refractivity contribution < 1.29 is 9.13 Å². The number of hydrogen-bond donors (Lipinski definition) is 0. The van der Waals surface area contributed by atoms with E-state index in [9.17, 15) is 4.39 Å². The van der Waals surface area contributed by atoms with Gasteiger partial charge in [-0.3, -0.25) is 0 Å². The largest absolute Gasteiger partial charge is 0.497 e. The normalized spacial score (nSPS) is 12.3. The first kappa shape index (κ1) is 14.6. The predicted molar refractivity (Wildman–Crippen MR) is 79.8 cm³/mol. The highest BCUT2D eigenvalue weighted by Gasteiger charge is 2.19. The smallest absolute Gasteiger partial charge is 0.146 e. The minimum Gasteiger partial charge on any atom is -0.497 e. The molecule has 0 N–H and O–H groups in total. The van der Waals surface area contributed by atoms with E-state index in [-0.39, 0.29) is 5.02 Å². The van der Waals surface area contributed by atoms with E-state index in [4.69, 9.17) is 27.9 Å². The Morgan fingerprint density at radius 2 is 1.95 bits per heavy atom. The first-order valence-electron chi connectivity index (χ1n) is 5.46. The number of hydrogen-bond acceptors (Lipinski definition) is 1. The molecule has 0 aliphatic carbocycles. The van der Waals surface area contributed by atoms with E-state index < -0.39 is 11.2 Å². The topological polar surface area (TPSA) is 9.23 Å². The lowest BCUT2D eigenvalue weighted by Gasteiger charge is -2.14. The highest BCUT2D eigenvalue weighted by Crippen LogP contribution is 2.37. The van der Waals surface area contributed by atoms with Gasteiger partial charge in [-0.25, -0.2) is 4.39 Å². The van der Waals surface area contributed by atoms with Crippen molar-refractivity contribution in [1.29, 1.82) is 0 Å². The van der Waals surface area contributed by atoms with E-state index in [2.05, 4.69) is 15.9 Å². The van der Waals surface area contributed by atoms with Crippen molar-refractivity contribution in [2.24, 2.45) is 0 Å². The third-order valence-electron chi connectivity index (χ3n) is 2.74. The summed E-state index contributed by atoms with van der Waals surface area (Å²) >= 11 is 15.5. The molecule has 0 aromatic heterocycles. The van der Waals surface area contributed by atoms with Gasteiger partial charge in [-0.2, -0.15) is 0 Å². The van der Waals surface area contributed by atoms with Gasteiger partial charge in [0.05, 0.1) is 17.5 Å². The summed E-state index contributed by atoms with van der Waals surface area (Å²) in [5, 5.41) is -0.563. The lowest BCUT2D eigenvalue weighted by atomic mass is 10.0.